The van der Waals surface area contributed by atoms with Gasteiger partial charge in [-0.1, -0.05) is 17.7 Å². The van der Waals surface area contributed by atoms with E-state index in [4.69, 9.17) is 11.6 Å². The number of nitrogens with one attached hydrogen (secondary N) is 1. The number of carbonyl (C=O) groups is 1. The van der Waals surface area contributed by atoms with E-state index in [1.165, 1.54) is 36.4 Å². The number of H-pyrrole nitrogens is 1. The quantitative estimate of drug-likeness (QED) is 0.340. The van der Waals surface area contributed by atoms with Gasteiger partial charge in [-0.05, 0) is 62.2 Å². The van der Waals surface area contributed by atoms with Gasteiger partial charge in [0.2, 0.25) is 0 Å². The third-order valence-electron chi connectivity index (χ3n) is 5.50. The fraction of sp³-hybridized carbons (Fsp3) is 0.333. The van der Waals surface area contributed by atoms with Crippen LogP contribution in [0.3, 0.4) is 0 Å². The highest BCUT2D eigenvalue weighted by molar-refractivity contribution is 6.33. The van der Waals surface area contributed by atoms with E-state index in [2.05, 4.69) is 19.7 Å². The summed E-state index contributed by atoms with van der Waals surface area (Å²) in [5.74, 6) is -1.08. The fourth-order valence-corrected chi connectivity index (χ4v) is 3.35. The van der Waals surface area contributed by atoms with Crippen molar-refractivity contribution < 1.29 is 35.9 Å². The standard InChI is InChI=1S/C24H20ClF6N3O3/c1-22(2,24(29,30)31)18(35)10-4-13-3-9-17(25)16(11-13)20-32-19(33-21(36)34-20)14-5-7-15(8-6-14)37-12-23(26,27)28/h3,5-9,11H,4,10,12H2,1-2H3,(H,32,33,34,36). The van der Waals surface area contributed by atoms with Crippen LogP contribution < -0.4 is 10.4 Å². The predicted octanol–water partition coefficient (Wildman–Crippen LogP) is 6.18. The molecule has 0 saturated carbocycles. The van der Waals surface area contributed by atoms with Crippen molar-refractivity contribution >= 4 is 17.4 Å². The molecule has 198 valence electrons. The lowest BCUT2D eigenvalue weighted by Crippen LogP contribution is -2.39. The number of Topliss-reactive ketones (excluding diaryl/α,β-unsaturated/α-hetero) is 1. The van der Waals surface area contributed by atoms with Crippen molar-refractivity contribution in [1.82, 2.24) is 15.0 Å². The first-order chi connectivity index (χ1) is 17.1. The maximum absolute atomic E-state index is 13.1. The maximum atomic E-state index is 13.1. The number of halogens is 7. The lowest BCUT2D eigenvalue weighted by Gasteiger charge is -2.26. The van der Waals surface area contributed by atoms with Crippen molar-refractivity contribution in [2.24, 2.45) is 5.41 Å². The van der Waals surface area contributed by atoms with E-state index in [0.29, 0.717) is 11.1 Å². The van der Waals surface area contributed by atoms with Crippen LogP contribution in [0.4, 0.5) is 26.3 Å². The Hall–Kier alpha value is -3.41. The van der Waals surface area contributed by atoms with Crippen LogP contribution in [0.5, 0.6) is 5.75 Å². The number of benzene rings is 2. The first kappa shape index (κ1) is 28.2. The van der Waals surface area contributed by atoms with Gasteiger partial charge in [0, 0.05) is 17.5 Å². The van der Waals surface area contributed by atoms with Gasteiger partial charge in [-0.3, -0.25) is 9.78 Å². The monoisotopic (exact) mass is 547 g/mol. The molecule has 3 rings (SSSR count). The van der Waals surface area contributed by atoms with Gasteiger partial charge in [-0.2, -0.15) is 31.3 Å². The number of ether oxygens (including phenoxy) is 1. The Morgan fingerprint density at radius 1 is 1.00 bits per heavy atom. The van der Waals surface area contributed by atoms with Crippen molar-refractivity contribution in [2.45, 2.75) is 39.0 Å². The van der Waals surface area contributed by atoms with E-state index < -0.39 is 35.8 Å². The van der Waals surface area contributed by atoms with Crippen LogP contribution in [-0.4, -0.2) is 39.7 Å². The van der Waals surface area contributed by atoms with Gasteiger partial charge in [-0.15, -0.1) is 0 Å². The number of ketones is 1. The van der Waals surface area contributed by atoms with Gasteiger partial charge in [0.25, 0.3) is 0 Å². The Kier molecular flexibility index (Phi) is 8.01. The van der Waals surface area contributed by atoms with Crippen molar-refractivity contribution in [1.29, 1.82) is 0 Å². The number of rotatable bonds is 8. The topological polar surface area (TPSA) is 84.9 Å². The van der Waals surface area contributed by atoms with Crippen LogP contribution >= 0.6 is 11.6 Å². The summed E-state index contributed by atoms with van der Waals surface area (Å²) in [7, 11) is 0. The third kappa shape index (κ3) is 7.09. The van der Waals surface area contributed by atoms with Crippen LogP contribution in [0.1, 0.15) is 25.8 Å². The Labute approximate surface area is 211 Å². The van der Waals surface area contributed by atoms with E-state index in [0.717, 1.165) is 13.8 Å². The van der Waals surface area contributed by atoms with E-state index in [1.807, 2.05) is 0 Å². The van der Waals surface area contributed by atoms with Crippen LogP contribution in [-0.2, 0) is 11.2 Å². The molecule has 2 aromatic carbocycles. The van der Waals surface area contributed by atoms with E-state index in [1.54, 1.807) is 6.07 Å². The Morgan fingerprint density at radius 2 is 1.65 bits per heavy atom. The second-order valence-corrected chi connectivity index (χ2v) is 9.02. The molecule has 0 aliphatic rings. The minimum Gasteiger partial charge on any atom is -0.484 e. The average molecular weight is 548 g/mol. The SMILES string of the molecule is CC(C)(C(=O)CCc1ccc(Cl)c(-c2nc(-c3ccc(OCC(F)(F)F)cc3)nc(=O)[nH]2)c1)C(F)(F)F. The summed E-state index contributed by atoms with van der Waals surface area (Å²) < 4.78 is 81.0. The maximum Gasteiger partial charge on any atom is 0.422 e. The summed E-state index contributed by atoms with van der Waals surface area (Å²) in [4.78, 5) is 34.9. The highest BCUT2D eigenvalue weighted by Crippen LogP contribution is 2.39. The molecule has 0 bridgehead atoms. The molecule has 0 aliphatic heterocycles. The number of hydrogen-bond donors (Lipinski definition) is 1. The minimum absolute atomic E-state index is 0.00111. The van der Waals surface area contributed by atoms with Crippen LogP contribution in [0, 0.1) is 5.41 Å². The molecule has 0 atom stereocenters. The molecule has 1 aromatic heterocycles. The molecule has 0 spiro atoms. The molecule has 37 heavy (non-hydrogen) atoms. The summed E-state index contributed by atoms with van der Waals surface area (Å²) in [6.07, 6.45) is -9.57. The third-order valence-corrected chi connectivity index (χ3v) is 5.83. The molecular weight excluding hydrogens is 528 g/mol. The molecule has 0 fully saturated rings. The number of hydrogen-bond acceptors (Lipinski definition) is 5. The average Bonchev–Trinajstić information content (AvgIpc) is 2.80. The highest BCUT2D eigenvalue weighted by Gasteiger charge is 2.51. The van der Waals surface area contributed by atoms with Crippen LogP contribution in [0.2, 0.25) is 5.02 Å². The number of aryl methyl sites for hydroxylation is 1. The number of aromatic amines is 1. The molecular formula is C24H20ClF6N3O3. The van der Waals surface area contributed by atoms with Crippen molar-refractivity contribution in [3.05, 3.63) is 63.5 Å². The highest BCUT2D eigenvalue weighted by atomic mass is 35.5. The van der Waals surface area contributed by atoms with Gasteiger partial charge in [-0.25, -0.2) is 9.78 Å². The first-order valence-corrected chi connectivity index (χ1v) is 11.1. The van der Waals surface area contributed by atoms with Crippen LogP contribution in [0.15, 0.2) is 47.3 Å². The van der Waals surface area contributed by atoms with Gasteiger partial charge in [0.1, 0.15) is 22.8 Å². The lowest BCUT2D eigenvalue weighted by atomic mass is 9.84. The molecule has 3 aromatic rings. The number of alkyl halides is 6. The van der Waals surface area contributed by atoms with Crippen molar-refractivity contribution in [3.8, 4) is 28.5 Å². The Balaban J connectivity index is 1.84. The Bertz CT molecular complexity index is 1340. The molecule has 1 heterocycles. The molecule has 0 saturated heterocycles. The first-order valence-electron chi connectivity index (χ1n) is 10.7. The largest absolute Gasteiger partial charge is 0.484 e. The Morgan fingerprint density at radius 3 is 2.24 bits per heavy atom. The lowest BCUT2D eigenvalue weighted by molar-refractivity contribution is -0.210. The molecule has 13 heteroatoms. The smallest absolute Gasteiger partial charge is 0.422 e. The molecule has 0 radical (unpaired) electrons. The van der Waals surface area contributed by atoms with Crippen LogP contribution in [0.25, 0.3) is 22.8 Å². The van der Waals surface area contributed by atoms with E-state index >= 15 is 0 Å². The summed E-state index contributed by atoms with van der Waals surface area (Å²) in [6, 6.07) is 9.76. The summed E-state index contributed by atoms with van der Waals surface area (Å²) in [6.45, 7) is 0.182. The van der Waals surface area contributed by atoms with Crippen molar-refractivity contribution in [3.63, 3.8) is 0 Å². The van der Waals surface area contributed by atoms with Gasteiger partial charge in [0.05, 0.1) is 5.02 Å². The molecule has 0 amide bonds. The zero-order valence-electron chi connectivity index (χ0n) is 19.4. The number of aromatic nitrogens is 3. The van der Waals surface area contributed by atoms with Gasteiger partial charge in [0.15, 0.2) is 12.4 Å². The summed E-state index contributed by atoms with van der Waals surface area (Å²) in [5, 5.41) is 0.168. The molecule has 1 N–H and O–H groups in total. The van der Waals surface area contributed by atoms with Gasteiger partial charge < -0.3 is 4.74 Å². The summed E-state index contributed by atoms with van der Waals surface area (Å²) >= 11 is 6.26. The normalized spacial score (nSPS) is 12.5. The predicted molar refractivity (Wildman–Crippen MR) is 123 cm³/mol. The van der Waals surface area contributed by atoms with Crippen molar-refractivity contribution in [2.75, 3.05) is 6.61 Å². The zero-order valence-corrected chi connectivity index (χ0v) is 20.2. The van der Waals surface area contributed by atoms with E-state index in [-0.39, 0.29) is 40.8 Å². The second kappa shape index (κ2) is 10.5. The zero-order chi connectivity index (χ0) is 27.6. The summed E-state index contributed by atoms with van der Waals surface area (Å²) in [5.41, 5.74) is -2.26. The molecule has 0 aliphatic carbocycles. The molecule has 0 unspecified atom stereocenters. The van der Waals surface area contributed by atoms with Gasteiger partial charge >= 0.3 is 18.0 Å². The number of nitrogens with zero attached hydrogens (tertiary/aromatic N) is 2. The van der Waals surface area contributed by atoms with E-state index in [9.17, 15) is 35.9 Å². The minimum atomic E-state index is -4.69. The number of carbonyl (C=O) groups excluding carboxylic acids is 1. The second-order valence-electron chi connectivity index (χ2n) is 8.61. The fourth-order valence-electron chi connectivity index (χ4n) is 3.14. The molecule has 6 nitrogen and oxygen atoms in total.